The van der Waals surface area contributed by atoms with Gasteiger partial charge in [0, 0.05) is 37.1 Å². The number of fused-ring (bicyclic) bond motifs is 1. The molecule has 0 unspecified atom stereocenters. The molecule has 0 atom stereocenters. The highest BCUT2D eigenvalue weighted by Gasteiger charge is 2.35. The van der Waals surface area contributed by atoms with E-state index in [2.05, 4.69) is 52.4 Å². The highest BCUT2D eigenvalue weighted by Crippen LogP contribution is 2.39. The van der Waals surface area contributed by atoms with Gasteiger partial charge in [0.1, 0.15) is 5.82 Å². The summed E-state index contributed by atoms with van der Waals surface area (Å²) in [5, 5.41) is 13.3. The number of para-hydroxylation sites is 1. The van der Waals surface area contributed by atoms with Gasteiger partial charge in [-0.3, -0.25) is 0 Å². The number of nitrogens with zero attached hydrogens (tertiary/aromatic N) is 7. The van der Waals surface area contributed by atoms with E-state index in [1.54, 1.807) is 13.1 Å². The second-order valence-corrected chi connectivity index (χ2v) is 11.6. The summed E-state index contributed by atoms with van der Waals surface area (Å²) in [5.74, 6) is 2.23. The van der Waals surface area contributed by atoms with Crippen LogP contribution in [0.25, 0.3) is 10.9 Å². The van der Waals surface area contributed by atoms with E-state index in [0.29, 0.717) is 42.1 Å². The van der Waals surface area contributed by atoms with E-state index >= 15 is 0 Å². The molecule has 6 rings (SSSR count). The Balaban J connectivity index is 1.46. The highest BCUT2D eigenvalue weighted by molar-refractivity contribution is 5.85. The minimum atomic E-state index is -4.48. The van der Waals surface area contributed by atoms with Crippen molar-refractivity contribution >= 4 is 22.7 Å². The molecule has 40 heavy (non-hydrogen) atoms. The maximum absolute atomic E-state index is 14.0. The van der Waals surface area contributed by atoms with Crippen LogP contribution in [0.4, 0.5) is 24.9 Å². The van der Waals surface area contributed by atoms with Crippen molar-refractivity contribution in [1.82, 2.24) is 25.2 Å². The van der Waals surface area contributed by atoms with Gasteiger partial charge < -0.3 is 9.80 Å². The van der Waals surface area contributed by atoms with Crippen LogP contribution < -0.4 is 9.80 Å². The minimum Gasteiger partial charge on any atom is -0.356 e. The van der Waals surface area contributed by atoms with Crippen LogP contribution in [-0.2, 0) is 26.3 Å². The Labute approximate surface area is 232 Å². The lowest BCUT2D eigenvalue weighted by molar-refractivity contribution is -0.136. The molecule has 0 N–H and O–H groups in total. The number of pyridine rings is 1. The molecule has 4 aromatic rings. The Hall–Kier alpha value is -3.69. The van der Waals surface area contributed by atoms with Gasteiger partial charge >= 0.3 is 6.18 Å². The van der Waals surface area contributed by atoms with Crippen LogP contribution >= 0.6 is 0 Å². The van der Waals surface area contributed by atoms with Gasteiger partial charge in [0.15, 0.2) is 0 Å². The second kappa shape index (κ2) is 10.4. The molecule has 0 bridgehead atoms. The average Bonchev–Trinajstić information content (AvgIpc) is 3.82. The van der Waals surface area contributed by atoms with Gasteiger partial charge in [-0.15, -0.1) is 5.10 Å². The SMILES string of the molecule is Cc1cc(C)cc(CN(Cc2cc3cccc(C(F)(F)F)c3nc2N(CC2CC2)CC2CC2)c2nnn(C)n2)c1. The van der Waals surface area contributed by atoms with E-state index in [-0.39, 0.29) is 5.52 Å². The largest absolute Gasteiger partial charge is 0.418 e. The number of tetrazole rings is 1. The maximum Gasteiger partial charge on any atom is 0.418 e. The summed E-state index contributed by atoms with van der Waals surface area (Å²) in [6.45, 7) is 6.68. The normalized spacial score (nSPS) is 15.6. The molecule has 2 aliphatic carbocycles. The molecule has 0 radical (unpaired) electrons. The number of aryl methyl sites for hydroxylation is 3. The van der Waals surface area contributed by atoms with Crippen LogP contribution in [0.15, 0.2) is 42.5 Å². The van der Waals surface area contributed by atoms with Crippen molar-refractivity contribution in [3.63, 3.8) is 0 Å². The van der Waals surface area contributed by atoms with Gasteiger partial charge in [-0.2, -0.15) is 18.0 Å². The number of alkyl halides is 3. The summed E-state index contributed by atoms with van der Waals surface area (Å²) in [6, 6.07) is 12.6. The highest BCUT2D eigenvalue weighted by atomic mass is 19.4. The Morgan fingerprint density at radius 3 is 2.15 bits per heavy atom. The van der Waals surface area contributed by atoms with Crippen LogP contribution in [-0.4, -0.2) is 38.3 Å². The fourth-order valence-electron chi connectivity index (χ4n) is 5.51. The number of hydrogen-bond acceptors (Lipinski definition) is 6. The lowest BCUT2D eigenvalue weighted by atomic mass is 10.0. The number of rotatable bonds is 10. The fourth-order valence-corrected chi connectivity index (χ4v) is 5.51. The van der Waals surface area contributed by atoms with E-state index in [4.69, 9.17) is 4.98 Å². The van der Waals surface area contributed by atoms with Gasteiger partial charge in [0.05, 0.1) is 18.1 Å². The minimum absolute atomic E-state index is 0.00355. The molecule has 0 spiro atoms. The van der Waals surface area contributed by atoms with Gasteiger partial charge in [0.25, 0.3) is 5.95 Å². The first-order valence-corrected chi connectivity index (χ1v) is 13.9. The molecule has 2 fully saturated rings. The molecule has 2 saturated carbocycles. The molecule has 0 saturated heterocycles. The van der Waals surface area contributed by atoms with E-state index in [0.717, 1.165) is 67.1 Å². The third kappa shape index (κ3) is 6.05. The number of aromatic nitrogens is 5. The smallest absolute Gasteiger partial charge is 0.356 e. The monoisotopic (exact) mass is 549 g/mol. The Morgan fingerprint density at radius 1 is 0.900 bits per heavy atom. The van der Waals surface area contributed by atoms with Crippen molar-refractivity contribution in [3.8, 4) is 0 Å². The van der Waals surface area contributed by atoms with Crippen molar-refractivity contribution in [2.24, 2.45) is 18.9 Å². The second-order valence-electron chi connectivity index (χ2n) is 11.6. The predicted molar refractivity (Wildman–Crippen MR) is 149 cm³/mol. The van der Waals surface area contributed by atoms with Crippen molar-refractivity contribution < 1.29 is 13.2 Å². The van der Waals surface area contributed by atoms with E-state index in [1.807, 2.05) is 11.0 Å². The lowest BCUT2D eigenvalue weighted by Gasteiger charge is -2.29. The first-order valence-electron chi connectivity index (χ1n) is 13.9. The van der Waals surface area contributed by atoms with E-state index < -0.39 is 11.7 Å². The summed E-state index contributed by atoms with van der Waals surface area (Å²) in [5.41, 5.74) is 3.60. The van der Waals surface area contributed by atoms with Crippen molar-refractivity contribution in [3.05, 3.63) is 70.3 Å². The first kappa shape index (κ1) is 26.5. The van der Waals surface area contributed by atoms with Gasteiger partial charge in [-0.05, 0) is 74.3 Å². The van der Waals surface area contributed by atoms with E-state index in [1.165, 1.54) is 10.9 Å². The number of hydrogen-bond donors (Lipinski definition) is 0. The molecule has 2 aromatic carbocycles. The van der Waals surface area contributed by atoms with Crippen molar-refractivity contribution in [2.75, 3.05) is 22.9 Å². The standard InChI is InChI=1S/C30H34F3N7/c1-19-11-20(2)13-23(12-19)17-40(29-35-37-38(3)36-29)18-25-14-24-5-4-6-26(30(31,32)33)27(24)34-28(25)39(15-21-7-8-21)16-22-9-10-22/h4-6,11-14,21-22H,7-10,15-18H2,1-3H3. The topological polar surface area (TPSA) is 63.0 Å². The Morgan fingerprint density at radius 2 is 1.57 bits per heavy atom. The molecule has 7 nitrogen and oxygen atoms in total. The van der Waals surface area contributed by atoms with Gasteiger partial charge in [-0.25, -0.2) is 4.98 Å². The molecule has 2 aliphatic rings. The number of benzene rings is 2. The van der Waals surface area contributed by atoms with Crippen LogP contribution in [0.1, 0.15) is 53.5 Å². The average molecular weight is 550 g/mol. The number of anilines is 2. The zero-order chi connectivity index (χ0) is 28.0. The summed E-state index contributed by atoms with van der Waals surface area (Å²) in [7, 11) is 1.72. The molecule has 0 amide bonds. The van der Waals surface area contributed by atoms with Gasteiger partial charge in [-0.1, -0.05) is 46.6 Å². The molecule has 2 aromatic heterocycles. The third-order valence-corrected chi connectivity index (χ3v) is 7.65. The Kier molecular flexibility index (Phi) is 6.88. The maximum atomic E-state index is 14.0. The quantitative estimate of drug-likeness (QED) is 0.234. The van der Waals surface area contributed by atoms with Crippen LogP contribution in [0, 0.1) is 25.7 Å². The fraction of sp³-hybridized carbons (Fsp3) is 0.467. The van der Waals surface area contributed by atoms with E-state index in [9.17, 15) is 13.2 Å². The van der Waals surface area contributed by atoms with Gasteiger partial charge in [0.2, 0.25) is 0 Å². The molecular weight excluding hydrogens is 515 g/mol. The molecular formula is C30H34F3N7. The number of halogens is 3. The lowest BCUT2D eigenvalue weighted by Crippen LogP contribution is -2.32. The zero-order valence-electron chi connectivity index (χ0n) is 23.1. The van der Waals surface area contributed by atoms with Crippen LogP contribution in [0.2, 0.25) is 0 Å². The van der Waals surface area contributed by atoms with Crippen LogP contribution in [0.3, 0.4) is 0 Å². The summed E-state index contributed by atoms with van der Waals surface area (Å²) >= 11 is 0. The van der Waals surface area contributed by atoms with Crippen molar-refractivity contribution in [1.29, 1.82) is 0 Å². The molecule has 0 aliphatic heterocycles. The van der Waals surface area contributed by atoms with Crippen LogP contribution in [0.5, 0.6) is 0 Å². The zero-order valence-corrected chi connectivity index (χ0v) is 23.1. The third-order valence-electron chi connectivity index (χ3n) is 7.65. The first-order chi connectivity index (χ1) is 19.1. The summed E-state index contributed by atoms with van der Waals surface area (Å²) in [4.78, 5) is 10.5. The molecule has 10 heteroatoms. The summed E-state index contributed by atoms with van der Waals surface area (Å²) < 4.78 is 42.1. The van der Waals surface area contributed by atoms with Crippen molar-refractivity contribution in [2.45, 2.75) is 58.8 Å². The predicted octanol–water partition coefficient (Wildman–Crippen LogP) is 6.23. The molecule has 210 valence electrons. The summed E-state index contributed by atoms with van der Waals surface area (Å²) in [6.07, 6.45) is 0.128. The Bertz CT molecular complexity index is 1490. The molecule has 2 heterocycles.